The van der Waals surface area contributed by atoms with Crippen LogP contribution < -0.4 is 9.79 Å². The Morgan fingerprint density at radius 2 is 1.75 bits per heavy atom. The normalized spacial score (nSPS) is 29.6. The molecule has 2 atom stereocenters. The van der Waals surface area contributed by atoms with E-state index < -0.39 is 15.5 Å². The van der Waals surface area contributed by atoms with E-state index >= 15 is 0 Å². The van der Waals surface area contributed by atoms with Gasteiger partial charge in [0.15, 0.2) is 0 Å². The predicted molar refractivity (Wildman–Crippen MR) is 79.2 cm³/mol. The Morgan fingerprint density at radius 1 is 1.15 bits per heavy atom. The lowest BCUT2D eigenvalue weighted by atomic mass is 9.78. The van der Waals surface area contributed by atoms with E-state index in [9.17, 15) is 14.4 Å². The molecule has 20 heavy (non-hydrogen) atoms. The third kappa shape index (κ3) is 1.81. The van der Waals surface area contributed by atoms with Gasteiger partial charge in [0.05, 0.1) is 0 Å². The molecule has 0 fully saturated rings. The van der Waals surface area contributed by atoms with Crippen LogP contribution in [0, 0.1) is 5.41 Å². The van der Waals surface area contributed by atoms with Crippen LogP contribution in [0.25, 0.3) is 5.31 Å². The molecule has 2 aliphatic rings. The van der Waals surface area contributed by atoms with Crippen molar-refractivity contribution >= 4 is 20.8 Å². The highest BCUT2D eigenvalue weighted by atomic mass is 31.2. The highest BCUT2D eigenvalue weighted by molar-refractivity contribution is 7.85. The smallest absolute Gasteiger partial charge is 0.0152 e. The Bertz CT molecular complexity index is 684. The van der Waals surface area contributed by atoms with Gasteiger partial charge in [-0.1, -0.05) is 48.4 Å². The molecule has 3 rings (SSSR count). The number of hydrogen-bond donors (Lipinski definition) is 0. The summed E-state index contributed by atoms with van der Waals surface area (Å²) >= 11 is 0. The zero-order chi connectivity index (χ0) is 14.7. The van der Waals surface area contributed by atoms with E-state index in [1.54, 1.807) is 0 Å². The number of fused-ring (bicyclic) bond motifs is 2. The van der Waals surface area contributed by atoms with Crippen molar-refractivity contribution in [3.05, 3.63) is 52.1 Å². The lowest BCUT2D eigenvalue weighted by Crippen LogP contribution is -2.20. The van der Waals surface area contributed by atoms with Crippen LogP contribution in [0.2, 0.25) is 0 Å². The van der Waals surface area contributed by atoms with E-state index in [1.807, 2.05) is 37.3 Å². The van der Waals surface area contributed by atoms with Crippen molar-refractivity contribution in [2.75, 3.05) is 6.16 Å². The fraction of sp³-hybridized carbons (Fsp3) is 0.333. The highest BCUT2D eigenvalue weighted by Gasteiger charge is 2.50. The second kappa shape index (κ2) is 4.39. The number of benzene rings is 1. The molecule has 3 nitrogen and oxygen atoms in total. The summed E-state index contributed by atoms with van der Waals surface area (Å²) in [6.07, 6.45) is 0.772. The number of hydrogen-bond acceptors (Lipinski definition) is 3. The lowest BCUT2D eigenvalue weighted by molar-refractivity contribution is -0.309. The minimum Gasteiger partial charge on any atom is -0.807 e. The SMILES string of the molecule is CC1=C(c2ccccc2)P2CC1(C)C(C)=C2P(=O)([O-])[O-]. The fourth-order valence-corrected chi connectivity index (χ4v) is 9.07. The molecule has 0 N–H and O–H groups in total. The van der Waals surface area contributed by atoms with Crippen molar-refractivity contribution in [2.24, 2.45) is 5.41 Å². The maximum absolute atomic E-state index is 11.7. The van der Waals surface area contributed by atoms with Gasteiger partial charge >= 0.3 is 0 Å². The average Bonchev–Trinajstić information content (AvgIpc) is 2.77. The number of allylic oxidation sites excluding steroid dienone is 2. The maximum atomic E-state index is 11.7. The third-order valence-corrected chi connectivity index (χ3v) is 9.89. The minimum absolute atomic E-state index is 0.194. The molecule has 0 aliphatic carbocycles. The first-order valence-corrected chi connectivity index (χ1v) is 9.62. The average molecular weight is 306 g/mol. The van der Waals surface area contributed by atoms with E-state index in [1.165, 1.54) is 5.57 Å². The summed E-state index contributed by atoms with van der Waals surface area (Å²) in [6.45, 7) is 5.95. The second-order valence-electron chi connectivity index (χ2n) is 5.70. The van der Waals surface area contributed by atoms with Crippen LogP contribution >= 0.6 is 15.5 Å². The standard InChI is InChI=1S/C15H18O3P2/c1-10-13(12-7-5-4-6-8-12)19-9-15(10,3)11(2)14(19)20(16,17)18/h4-8H,9H2,1-3H3,(H2,16,17,18)/p-2. The third-order valence-electron chi connectivity index (χ3n) is 4.65. The molecule has 5 heteroatoms. The number of rotatable bonds is 2. The topological polar surface area (TPSA) is 63.2 Å². The van der Waals surface area contributed by atoms with Crippen molar-refractivity contribution in [3.63, 3.8) is 0 Å². The Balaban J connectivity index is 2.20. The Hall–Kier alpha value is -0.720. The van der Waals surface area contributed by atoms with Gasteiger partial charge in [-0.3, -0.25) is 0 Å². The molecule has 106 valence electrons. The zero-order valence-electron chi connectivity index (χ0n) is 11.7. The van der Waals surface area contributed by atoms with Crippen molar-refractivity contribution in [2.45, 2.75) is 20.8 Å². The quantitative estimate of drug-likeness (QED) is 0.789. The molecule has 0 aromatic heterocycles. The van der Waals surface area contributed by atoms with E-state index in [4.69, 9.17) is 0 Å². The van der Waals surface area contributed by atoms with Crippen LogP contribution in [0.5, 0.6) is 0 Å². The largest absolute Gasteiger partial charge is 0.807 e. The first kappa shape index (κ1) is 14.2. The lowest BCUT2D eigenvalue weighted by Gasteiger charge is -2.39. The maximum Gasteiger partial charge on any atom is 0.0152 e. The predicted octanol–water partition coefficient (Wildman–Crippen LogP) is 3.08. The van der Waals surface area contributed by atoms with Gasteiger partial charge in [-0.2, -0.15) is 0 Å². The molecule has 0 radical (unpaired) electrons. The molecule has 0 saturated carbocycles. The molecular formula is C15H16O3P2-2. The monoisotopic (exact) mass is 306 g/mol. The van der Waals surface area contributed by atoms with Crippen LogP contribution in [0.1, 0.15) is 26.3 Å². The highest BCUT2D eigenvalue weighted by Crippen LogP contribution is 2.81. The van der Waals surface area contributed by atoms with Crippen LogP contribution in [-0.4, -0.2) is 6.16 Å². The van der Waals surface area contributed by atoms with E-state index in [2.05, 4.69) is 13.8 Å². The Kier molecular flexibility index (Phi) is 3.12. The summed E-state index contributed by atoms with van der Waals surface area (Å²) < 4.78 is 11.7. The molecule has 0 amide bonds. The second-order valence-corrected chi connectivity index (χ2v) is 9.57. The van der Waals surface area contributed by atoms with E-state index in [0.29, 0.717) is 0 Å². The molecule has 0 spiro atoms. The van der Waals surface area contributed by atoms with Gasteiger partial charge in [0.25, 0.3) is 0 Å². The molecule has 0 saturated heterocycles. The van der Waals surface area contributed by atoms with Crippen LogP contribution in [0.4, 0.5) is 0 Å². The van der Waals surface area contributed by atoms with Gasteiger partial charge < -0.3 is 14.4 Å². The molecule has 2 bridgehead atoms. The van der Waals surface area contributed by atoms with Crippen molar-refractivity contribution in [3.8, 4) is 0 Å². The molecule has 2 unspecified atom stereocenters. The van der Waals surface area contributed by atoms with E-state index in [-0.39, 0.29) is 10.5 Å². The van der Waals surface area contributed by atoms with Gasteiger partial charge in [0.2, 0.25) is 0 Å². The van der Waals surface area contributed by atoms with Gasteiger partial charge in [-0.15, -0.1) is 0 Å². The summed E-state index contributed by atoms with van der Waals surface area (Å²) in [4.78, 5) is 23.3. The summed E-state index contributed by atoms with van der Waals surface area (Å²) in [5.41, 5.74) is 2.80. The van der Waals surface area contributed by atoms with Crippen LogP contribution in [0.3, 0.4) is 0 Å². The Morgan fingerprint density at radius 3 is 2.25 bits per heavy atom. The minimum atomic E-state index is -4.66. The van der Waals surface area contributed by atoms with Crippen molar-refractivity contribution in [1.29, 1.82) is 0 Å². The molecule has 2 aliphatic heterocycles. The van der Waals surface area contributed by atoms with Gasteiger partial charge in [-0.05, 0) is 51.5 Å². The first-order chi connectivity index (χ1) is 9.27. The van der Waals surface area contributed by atoms with Crippen LogP contribution in [0.15, 0.2) is 46.5 Å². The summed E-state index contributed by atoms with van der Waals surface area (Å²) in [5.74, 6) is 0. The Labute approximate surface area is 120 Å². The molecule has 1 aromatic carbocycles. The first-order valence-electron chi connectivity index (χ1n) is 6.55. The summed E-state index contributed by atoms with van der Waals surface area (Å²) in [5, 5.41) is 1.29. The summed E-state index contributed by atoms with van der Waals surface area (Å²) in [6, 6.07) is 9.84. The molecule has 2 heterocycles. The van der Waals surface area contributed by atoms with Crippen LogP contribution in [-0.2, 0) is 4.57 Å². The zero-order valence-corrected chi connectivity index (χ0v) is 13.5. The van der Waals surface area contributed by atoms with Crippen molar-refractivity contribution in [1.82, 2.24) is 0 Å². The van der Waals surface area contributed by atoms with Crippen molar-refractivity contribution < 1.29 is 14.4 Å². The molecule has 1 aromatic rings. The summed E-state index contributed by atoms with van der Waals surface area (Å²) in [7, 11) is -5.68. The van der Waals surface area contributed by atoms with Gasteiger partial charge in [0.1, 0.15) is 0 Å². The van der Waals surface area contributed by atoms with Gasteiger partial charge in [0, 0.05) is 5.41 Å². The fourth-order valence-electron chi connectivity index (χ4n) is 3.33. The van der Waals surface area contributed by atoms with E-state index in [0.717, 1.165) is 22.6 Å². The van der Waals surface area contributed by atoms with Gasteiger partial charge in [-0.25, -0.2) is 0 Å². The molecular weight excluding hydrogens is 290 g/mol.